The van der Waals surface area contributed by atoms with Gasteiger partial charge in [0.2, 0.25) is 5.91 Å². The maximum absolute atomic E-state index is 13.1. The van der Waals surface area contributed by atoms with Gasteiger partial charge in [-0.05, 0) is 80.7 Å². The van der Waals surface area contributed by atoms with Crippen molar-refractivity contribution in [2.45, 2.75) is 110 Å². The van der Waals surface area contributed by atoms with Crippen LogP contribution in [0.5, 0.6) is 0 Å². The van der Waals surface area contributed by atoms with Crippen LogP contribution in [0.15, 0.2) is 0 Å². The van der Waals surface area contributed by atoms with E-state index in [1.165, 1.54) is 0 Å². The number of likely N-dealkylation sites (tertiary alicyclic amines) is 1. The topological polar surface area (TPSA) is 111 Å². The van der Waals surface area contributed by atoms with E-state index >= 15 is 0 Å². The molecule has 8 heteroatoms. The number of unbranched alkanes of at least 4 members (excludes halogenated alkanes) is 1. The molecule has 1 aliphatic rings. The lowest BCUT2D eigenvalue weighted by Crippen LogP contribution is -2.54. The molecule has 0 aromatic rings. The van der Waals surface area contributed by atoms with E-state index in [1.807, 2.05) is 41.5 Å². The molecular weight excluding hydrogens is 386 g/mol. The Morgan fingerprint density at radius 3 is 2.20 bits per heavy atom. The Hall–Kier alpha value is -1.67. The van der Waals surface area contributed by atoms with E-state index < -0.39 is 29.3 Å². The molecule has 1 rings (SSSR count). The Kier molecular flexibility index (Phi) is 9.75. The van der Waals surface area contributed by atoms with Gasteiger partial charge in [0.25, 0.3) is 0 Å². The van der Waals surface area contributed by atoms with Gasteiger partial charge in [0.15, 0.2) is 0 Å². The summed E-state index contributed by atoms with van der Waals surface area (Å²) in [6, 6.07) is -1.83. The number of amides is 1. The average Bonchev–Trinajstić information content (AvgIpc) is 3.07. The smallest absolute Gasteiger partial charge is 0.329 e. The van der Waals surface area contributed by atoms with E-state index in [4.69, 9.17) is 15.2 Å². The summed E-state index contributed by atoms with van der Waals surface area (Å²) in [7, 11) is 0. The molecule has 1 heterocycles. The van der Waals surface area contributed by atoms with E-state index in [2.05, 4.69) is 5.32 Å². The van der Waals surface area contributed by atoms with Crippen LogP contribution >= 0.6 is 0 Å². The van der Waals surface area contributed by atoms with Crippen molar-refractivity contribution in [3.05, 3.63) is 0 Å². The fourth-order valence-corrected chi connectivity index (χ4v) is 3.40. The molecule has 0 aromatic carbocycles. The molecule has 0 aliphatic carbocycles. The molecule has 1 aliphatic heterocycles. The molecule has 174 valence electrons. The van der Waals surface area contributed by atoms with Crippen molar-refractivity contribution >= 4 is 17.8 Å². The number of carbonyl (C=O) groups is 3. The third-order valence-electron chi connectivity index (χ3n) is 4.67. The van der Waals surface area contributed by atoms with Crippen molar-refractivity contribution in [2.24, 2.45) is 5.73 Å². The predicted molar refractivity (Wildman–Crippen MR) is 116 cm³/mol. The van der Waals surface area contributed by atoms with Crippen LogP contribution < -0.4 is 11.1 Å². The SMILES string of the molecule is C[C@H](NC(CCCCN)C(=O)OC(C)(C)C)C(=O)N1CCC[C@H]1C(=O)OC(C)(C)C. The number of hydrogen-bond donors (Lipinski definition) is 2. The zero-order valence-corrected chi connectivity index (χ0v) is 19.7. The monoisotopic (exact) mass is 427 g/mol. The second-order valence-corrected chi connectivity index (χ2v) is 9.98. The molecule has 0 radical (unpaired) electrons. The second kappa shape index (κ2) is 11.1. The highest BCUT2D eigenvalue weighted by Crippen LogP contribution is 2.22. The molecule has 1 unspecified atom stereocenters. The number of nitrogens with one attached hydrogen (secondary N) is 1. The van der Waals surface area contributed by atoms with E-state index in [-0.39, 0.29) is 17.8 Å². The largest absolute Gasteiger partial charge is 0.459 e. The third-order valence-corrected chi connectivity index (χ3v) is 4.67. The molecule has 0 bridgehead atoms. The highest BCUT2D eigenvalue weighted by molar-refractivity contribution is 5.88. The van der Waals surface area contributed by atoms with Gasteiger partial charge in [-0.3, -0.25) is 14.9 Å². The summed E-state index contributed by atoms with van der Waals surface area (Å²) < 4.78 is 11.0. The zero-order chi connectivity index (χ0) is 23.1. The molecule has 0 saturated carbocycles. The molecular formula is C22H41N3O5. The first-order valence-corrected chi connectivity index (χ1v) is 11.0. The Labute approximate surface area is 181 Å². The molecule has 0 aromatic heterocycles. The summed E-state index contributed by atoms with van der Waals surface area (Å²) in [5.74, 6) is -0.979. The second-order valence-electron chi connectivity index (χ2n) is 9.98. The van der Waals surface area contributed by atoms with Crippen LogP contribution in [0.2, 0.25) is 0 Å². The van der Waals surface area contributed by atoms with Gasteiger partial charge in [0.05, 0.1) is 6.04 Å². The molecule has 0 spiro atoms. The Bertz CT molecular complexity index is 595. The van der Waals surface area contributed by atoms with Crippen molar-refractivity contribution < 1.29 is 23.9 Å². The molecule has 3 atom stereocenters. The van der Waals surface area contributed by atoms with Gasteiger partial charge in [-0.15, -0.1) is 0 Å². The maximum Gasteiger partial charge on any atom is 0.329 e. The number of carbonyl (C=O) groups excluding carboxylic acids is 3. The minimum atomic E-state index is -0.636. The van der Waals surface area contributed by atoms with Gasteiger partial charge >= 0.3 is 11.9 Å². The highest BCUT2D eigenvalue weighted by Gasteiger charge is 2.39. The molecule has 1 saturated heterocycles. The first-order chi connectivity index (χ1) is 13.7. The van der Waals surface area contributed by atoms with Gasteiger partial charge in [0, 0.05) is 6.54 Å². The normalized spacial score (nSPS) is 19.3. The molecule has 8 nitrogen and oxygen atoms in total. The van der Waals surface area contributed by atoms with Crippen LogP contribution in [0.1, 0.15) is 80.6 Å². The van der Waals surface area contributed by atoms with Crippen molar-refractivity contribution in [2.75, 3.05) is 13.1 Å². The summed E-state index contributed by atoms with van der Waals surface area (Å²) in [5, 5.41) is 3.12. The summed E-state index contributed by atoms with van der Waals surface area (Å²) in [6.07, 6.45) is 3.39. The summed E-state index contributed by atoms with van der Waals surface area (Å²) in [6.45, 7) is 13.6. The standard InChI is InChI=1S/C22H41N3O5/c1-15(24-16(11-8-9-13-23)19(27)29-21(2,3)4)18(26)25-14-10-12-17(25)20(28)30-22(5,6)7/h15-17,24H,8-14,23H2,1-7H3/t15-,16?,17-/m0/s1. The number of nitrogens with two attached hydrogens (primary N) is 1. The lowest BCUT2D eigenvalue weighted by Gasteiger charge is -2.31. The van der Waals surface area contributed by atoms with Crippen molar-refractivity contribution in [1.82, 2.24) is 10.2 Å². The lowest BCUT2D eigenvalue weighted by atomic mass is 10.1. The summed E-state index contributed by atoms with van der Waals surface area (Å²) in [5.41, 5.74) is 4.35. The van der Waals surface area contributed by atoms with E-state index in [9.17, 15) is 14.4 Å². The van der Waals surface area contributed by atoms with Gasteiger partial charge in [-0.1, -0.05) is 6.42 Å². The van der Waals surface area contributed by atoms with Crippen molar-refractivity contribution in [3.8, 4) is 0 Å². The number of esters is 2. The fourth-order valence-electron chi connectivity index (χ4n) is 3.40. The third kappa shape index (κ3) is 9.00. The van der Waals surface area contributed by atoms with Gasteiger partial charge < -0.3 is 20.1 Å². The summed E-state index contributed by atoms with van der Waals surface area (Å²) in [4.78, 5) is 39.8. The van der Waals surface area contributed by atoms with E-state index in [1.54, 1.807) is 11.8 Å². The Morgan fingerprint density at radius 1 is 1.07 bits per heavy atom. The van der Waals surface area contributed by atoms with E-state index in [0.29, 0.717) is 25.9 Å². The fraction of sp³-hybridized carbons (Fsp3) is 0.864. The summed E-state index contributed by atoms with van der Waals surface area (Å²) >= 11 is 0. The molecule has 1 amide bonds. The average molecular weight is 428 g/mol. The first kappa shape index (κ1) is 26.4. The van der Waals surface area contributed by atoms with Crippen molar-refractivity contribution in [3.63, 3.8) is 0 Å². The molecule has 1 fully saturated rings. The van der Waals surface area contributed by atoms with Crippen LogP contribution in [0.4, 0.5) is 0 Å². The Balaban J connectivity index is 2.83. The predicted octanol–water partition coefficient (Wildman–Crippen LogP) is 2.14. The number of ether oxygens (including phenoxy) is 2. The van der Waals surface area contributed by atoms with E-state index in [0.717, 1.165) is 19.3 Å². The maximum atomic E-state index is 13.1. The Morgan fingerprint density at radius 2 is 1.67 bits per heavy atom. The molecule has 3 N–H and O–H groups in total. The number of hydrogen-bond acceptors (Lipinski definition) is 7. The van der Waals surface area contributed by atoms with Crippen LogP contribution in [0, 0.1) is 0 Å². The minimum absolute atomic E-state index is 0.212. The number of nitrogens with zero attached hydrogens (tertiary/aromatic N) is 1. The van der Waals surface area contributed by atoms with Crippen molar-refractivity contribution in [1.29, 1.82) is 0 Å². The lowest BCUT2D eigenvalue weighted by molar-refractivity contribution is -0.164. The number of rotatable bonds is 9. The van der Waals surface area contributed by atoms with Gasteiger partial charge in [-0.2, -0.15) is 0 Å². The quantitative estimate of drug-likeness (QED) is 0.428. The van der Waals surface area contributed by atoms with Gasteiger partial charge in [-0.25, -0.2) is 4.79 Å². The van der Waals surface area contributed by atoms with Gasteiger partial charge in [0.1, 0.15) is 23.3 Å². The van der Waals surface area contributed by atoms with Crippen LogP contribution in [-0.2, 0) is 23.9 Å². The molecule has 30 heavy (non-hydrogen) atoms. The highest BCUT2D eigenvalue weighted by atomic mass is 16.6. The zero-order valence-electron chi connectivity index (χ0n) is 19.7. The van der Waals surface area contributed by atoms with Crippen LogP contribution in [-0.4, -0.2) is 65.2 Å². The van der Waals surface area contributed by atoms with Crippen LogP contribution in [0.25, 0.3) is 0 Å². The first-order valence-electron chi connectivity index (χ1n) is 11.0. The minimum Gasteiger partial charge on any atom is -0.459 e. The van der Waals surface area contributed by atoms with Crippen LogP contribution in [0.3, 0.4) is 0 Å².